The molecule has 1 aliphatic heterocycles. The number of rotatable bonds is 5. The lowest BCUT2D eigenvalue weighted by Crippen LogP contribution is -2.49. The molecule has 21 heavy (non-hydrogen) atoms. The summed E-state index contributed by atoms with van der Waals surface area (Å²) in [5.41, 5.74) is 0.818. The van der Waals surface area contributed by atoms with Crippen LogP contribution in [-0.4, -0.2) is 31.1 Å². The van der Waals surface area contributed by atoms with Crippen molar-refractivity contribution in [2.45, 2.75) is 26.3 Å². The van der Waals surface area contributed by atoms with Crippen LogP contribution in [0.5, 0.6) is 5.75 Å². The molecule has 1 amide bonds. The van der Waals surface area contributed by atoms with E-state index in [1.54, 1.807) is 0 Å². The predicted molar refractivity (Wildman–Crippen MR) is 82.2 cm³/mol. The number of hydrogen-bond donors (Lipinski definition) is 2. The van der Waals surface area contributed by atoms with Gasteiger partial charge in [-0.15, -0.1) is 0 Å². The molecule has 2 unspecified atom stereocenters. The summed E-state index contributed by atoms with van der Waals surface area (Å²) in [6.45, 7) is 8.52. The van der Waals surface area contributed by atoms with Gasteiger partial charge in [0.05, 0.1) is 5.54 Å². The second-order valence-corrected chi connectivity index (χ2v) is 6.99. The monoisotopic (exact) mass is 288 g/mol. The zero-order chi connectivity index (χ0) is 15.0. The lowest BCUT2D eigenvalue weighted by Gasteiger charge is -2.27. The number of ether oxygens (including phenoxy) is 1. The van der Waals surface area contributed by atoms with E-state index in [-0.39, 0.29) is 17.4 Å². The van der Waals surface area contributed by atoms with Crippen molar-refractivity contribution in [1.82, 2.24) is 10.6 Å². The number of benzene rings is 1. The van der Waals surface area contributed by atoms with E-state index in [0.717, 1.165) is 18.8 Å². The van der Waals surface area contributed by atoms with Crippen molar-refractivity contribution in [3.8, 4) is 5.75 Å². The molecule has 2 N–H and O–H groups in total. The second kappa shape index (κ2) is 5.34. The fraction of sp³-hybridized carbons (Fsp3) is 0.588. The Morgan fingerprint density at radius 1 is 1.38 bits per heavy atom. The third-order valence-corrected chi connectivity index (χ3v) is 4.45. The van der Waals surface area contributed by atoms with E-state index in [2.05, 4.69) is 10.6 Å². The minimum Gasteiger partial charge on any atom is -0.491 e. The van der Waals surface area contributed by atoms with Gasteiger partial charge in [-0.25, -0.2) is 0 Å². The maximum atomic E-state index is 12.3. The Bertz CT molecular complexity index is 531. The highest BCUT2D eigenvalue weighted by molar-refractivity contribution is 5.83. The topological polar surface area (TPSA) is 50.4 Å². The summed E-state index contributed by atoms with van der Waals surface area (Å²) >= 11 is 0. The molecule has 1 aromatic rings. The van der Waals surface area contributed by atoms with E-state index in [1.165, 1.54) is 5.56 Å². The summed E-state index contributed by atoms with van der Waals surface area (Å²) in [6.07, 6.45) is 0. The maximum absolute atomic E-state index is 12.3. The molecule has 0 bridgehead atoms. The molecule has 0 spiro atoms. The van der Waals surface area contributed by atoms with Gasteiger partial charge >= 0.3 is 0 Å². The van der Waals surface area contributed by atoms with Crippen molar-refractivity contribution < 1.29 is 9.53 Å². The van der Waals surface area contributed by atoms with Crippen LogP contribution in [0, 0.1) is 24.7 Å². The van der Waals surface area contributed by atoms with Gasteiger partial charge in [-0.05, 0) is 63.4 Å². The number of nitrogens with one attached hydrogen (secondary N) is 2. The standard InChI is InChI=1S/C17H24N2O2/c1-11-5-4-6-12(7-11)21-10-17(2,3)19-16(20)15-13-8-18-9-14(13)15/h4-7,13-15,18H,8-10H2,1-3H3,(H,19,20)/t13-,14?,15?/m0/s1. The van der Waals surface area contributed by atoms with Gasteiger partial charge in [-0.2, -0.15) is 0 Å². The average Bonchev–Trinajstić information content (AvgIpc) is 2.91. The quantitative estimate of drug-likeness (QED) is 0.867. The van der Waals surface area contributed by atoms with E-state index >= 15 is 0 Å². The fourth-order valence-electron chi connectivity index (χ4n) is 3.23. The Morgan fingerprint density at radius 2 is 2.10 bits per heavy atom. The van der Waals surface area contributed by atoms with Crippen LogP contribution in [-0.2, 0) is 4.79 Å². The number of aryl methyl sites for hydroxylation is 1. The highest BCUT2D eigenvalue weighted by Gasteiger charge is 2.57. The van der Waals surface area contributed by atoms with Crippen LogP contribution in [0.3, 0.4) is 0 Å². The lowest BCUT2D eigenvalue weighted by molar-refractivity contribution is -0.125. The molecule has 1 aliphatic carbocycles. The number of carbonyl (C=O) groups is 1. The highest BCUT2D eigenvalue weighted by Crippen LogP contribution is 2.48. The molecule has 114 valence electrons. The minimum absolute atomic E-state index is 0.185. The van der Waals surface area contributed by atoms with Crippen molar-refractivity contribution in [2.75, 3.05) is 19.7 Å². The van der Waals surface area contributed by atoms with Gasteiger partial charge in [0.2, 0.25) is 5.91 Å². The summed E-state index contributed by atoms with van der Waals surface area (Å²) in [7, 11) is 0. The Hall–Kier alpha value is -1.55. The molecule has 0 radical (unpaired) electrons. The average molecular weight is 288 g/mol. The van der Waals surface area contributed by atoms with Gasteiger partial charge in [0.15, 0.2) is 0 Å². The molecular weight excluding hydrogens is 264 g/mol. The molecule has 2 fully saturated rings. The van der Waals surface area contributed by atoms with Gasteiger partial charge in [-0.3, -0.25) is 4.79 Å². The summed E-state index contributed by atoms with van der Waals surface area (Å²) in [6, 6.07) is 7.98. The fourth-order valence-corrected chi connectivity index (χ4v) is 3.23. The molecule has 1 aromatic carbocycles. The van der Waals surface area contributed by atoms with Crippen LogP contribution >= 0.6 is 0 Å². The molecule has 3 atom stereocenters. The molecule has 1 saturated heterocycles. The second-order valence-electron chi connectivity index (χ2n) is 6.99. The third-order valence-electron chi connectivity index (χ3n) is 4.45. The third kappa shape index (κ3) is 3.21. The van der Waals surface area contributed by atoms with Gasteiger partial charge in [0, 0.05) is 5.92 Å². The van der Waals surface area contributed by atoms with Crippen LogP contribution in [0.15, 0.2) is 24.3 Å². The van der Waals surface area contributed by atoms with Crippen molar-refractivity contribution >= 4 is 5.91 Å². The maximum Gasteiger partial charge on any atom is 0.224 e. The van der Waals surface area contributed by atoms with E-state index in [1.807, 2.05) is 45.0 Å². The molecule has 3 rings (SSSR count). The zero-order valence-electron chi connectivity index (χ0n) is 13.0. The predicted octanol–water partition coefficient (Wildman–Crippen LogP) is 1.73. The number of piperidine rings is 1. The van der Waals surface area contributed by atoms with E-state index < -0.39 is 0 Å². The first-order valence-electron chi connectivity index (χ1n) is 7.68. The van der Waals surface area contributed by atoms with E-state index in [9.17, 15) is 4.79 Å². The van der Waals surface area contributed by atoms with E-state index in [0.29, 0.717) is 18.4 Å². The van der Waals surface area contributed by atoms with Crippen LogP contribution in [0.1, 0.15) is 19.4 Å². The summed E-state index contributed by atoms with van der Waals surface area (Å²) in [5.74, 6) is 2.36. The molecule has 0 aromatic heterocycles. The molecule has 4 nitrogen and oxygen atoms in total. The first kappa shape index (κ1) is 14.4. The van der Waals surface area contributed by atoms with Crippen LogP contribution < -0.4 is 15.4 Å². The van der Waals surface area contributed by atoms with Crippen molar-refractivity contribution in [1.29, 1.82) is 0 Å². The molecule has 2 aliphatic rings. The largest absolute Gasteiger partial charge is 0.491 e. The van der Waals surface area contributed by atoms with Crippen molar-refractivity contribution in [3.63, 3.8) is 0 Å². The van der Waals surface area contributed by atoms with Crippen molar-refractivity contribution in [3.05, 3.63) is 29.8 Å². The van der Waals surface area contributed by atoms with Gasteiger partial charge in [0.1, 0.15) is 12.4 Å². The van der Waals surface area contributed by atoms with Crippen LogP contribution in [0.25, 0.3) is 0 Å². The number of hydrogen-bond acceptors (Lipinski definition) is 3. The van der Waals surface area contributed by atoms with Crippen LogP contribution in [0.4, 0.5) is 0 Å². The Morgan fingerprint density at radius 3 is 2.76 bits per heavy atom. The number of carbonyl (C=O) groups excluding carboxylic acids is 1. The summed E-state index contributed by atoms with van der Waals surface area (Å²) < 4.78 is 5.82. The first-order valence-corrected chi connectivity index (χ1v) is 7.68. The van der Waals surface area contributed by atoms with Crippen molar-refractivity contribution in [2.24, 2.45) is 17.8 Å². The molecule has 1 saturated carbocycles. The highest BCUT2D eigenvalue weighted by atomic mass is 16.5. The SMILES string of the molecule is Cc1cccc(OCC(C)(C)NC(=O)C2C3CNC[C@@H]32)c1. The lowest BCUT2D eigenvalue weighted by atomic mass is 10.1. The number of amides is 1. The Kier molecular flexibility index (Phi) is 3.66. The first-order chi connectivity index (χ1) is 9.96. The normalized spacial score (nSPS) is 27.1. The molecule has 1 heterocycles. The molecular formula is C17H24N2O2. The molecule has 4 heteroatoms. The Labute approximate surface area is 126 Å². The number of fused-ring (bicyclic) bond motifs is 1. The van der Waals surface area contributed by atoms with Gasteiger partial charge in [-0.1, -0.05) is 12.1 Å². The Balaban J connectivity index is 1.51. The van der Waals surface area contributed by atoms with E-state index in [4.69, 9.17) is 4.74 Å². The summed E-state index contributed by atoms with van der Waals surface area (Å²) in [4.78, 5) is 12.3. The van der Waals surface area contributed by atoms with Crippen LogP contribution in [0.2, 0.25) is 0 Å². The smallest absolute Gasteiger partial charge is 0.224 e. The van der Waals surface area contributed by atoms with Gasteiger partial charge < -0.3 is 15.4 Å². The summed E-state index contributed by atoms with van der Waals surface area (Å²) in [5, 5.41) is 6.46. The zero-order valence-corrected chi connectivity index (χ0v) is 13.0. The van der Waals surface area contributed by atoms with Gasteiger partial charge in [0.25, 0.3) is 0 Å². The minimum atomic E-state index is -0.356.